The highest BCUT2D eigenvalue weighted by atomic mass is 16.2. The van der Waals surface area contributed by atoms with E-state index in [0.717, 1.165) is 0 Å². The summed E-state index contributed by atoms with van der Waals surface area (Å²) in [6.07, 6.45) is 5.75. The minimum atomic E-state index is -0.122. The molecular formula is C10H17NO. The van der Waals surface area contributed by atoms with Crippen molar-refractivity contribution in [3.05, 3.63) is 0 Å². The molecule has 0 aliphatic carbocycles. The van der Waals surface area contributed by atoms with Gasteiger partial charge in [-0.15, -0.1) is 12.3 Å². The molecule has 0 N–H and O–H groups in total. The lowest BCUT2D eigenvalue weighted by Crippen LogP contribution is -2.44. The summed E-state index contributed by atoms with van der Waals surface area (Å²) in [6.45, 7) is 8.23. The summed E-state index contributed by atoms with van der Waals surface area (Å²) in [5.41, 5.74) is -0.122. The Labute approximate surface area is 74.9 Å². The van der Waals surface area contributed by atoms with E-state index in [4.69, 9.17) is 6.42 Å². The van der Waals surface area contributed by atoms with Crippen LogP contribution in [0, 0.1) is 12.3 Å². The van der Waals surface area contributed by atoms with Crippen LogP contribution in [0.3, 0.4) is 0 Å². The smallest absolute Gasteiger partial charge is 0.219 e. The third kappa shape index (κ3) is 3.43. The molecule has 0 aromatic rings. The molecule has 0 fully saturated rings. The average Bonchev–Trinajstić information content (AvgIpc) is 1.84. The lowest BCUT2D eigenvalue weighted by Gasteiger charge is -2.34. The van der Waals surface area contributed by atoms with Gasteiger partial charge < -0.3 is 4.90 Å². The zero-order chi connectivity index (χ0) is 9.78. The standard InChI is InChI=1S/C10H17NO/c1-6-7-8-11(9(2)12)10(3,4)5/h1H,7-8H2,2-5H3. The quantitative estimate of drug-likeness (QED) is 0.573. The largest absolute Gasteiger partial charge is 0.337 e. The summed E-state index contributed by atoms with van der Waals surface area (Å²) in [7, 11) is 0. The van der Waals surface area contributed by atoms with Crippen molar-refractivity contribution in [2.45, 2.75) is 39.7 Å². The van der Waals surface area contributed by atoms with E-state index in [9.17, 15) is 4.79 Å². The van der Waals surface area contributed by atoms with E-state index in [-0.39, 0.29) is 11.4 Å². The van der Waals surface area contributed by atoms with Crippen molar-refractivity contribution in [2.75, 3.05) is 6.54 Å². The molecular weight excluding hydrogens is 150 g/mol. The van der Waals surface area contributed by atoms with E-state index < -0.39 is 0 Å². The van der Waals surface area contributed by atoms with Crippen LogP contribution in [0.15, 0.2) is 0 Å². The maximum absolute atomic E-state index is 11.2. The van der Waals surface area contributed by atoms with Crippen molar-refractivity contribution < 1.29 is 4.79 Å². The molecule has 2 heteroatoms. The molecule has 2 nitrogen and oxygen atoms in total. The van der Waals surface area contributed by atoms with Crippen LogP contribution in [0.25, 0.3) is 0 Å². The number of amides is 1. The first-order chi connectivity index (χ1) is 5.39. The van der Waals surface area contributed by atoms with Gasteiger partial charge in [0.1, 0.15) is 0 Å². The molecule has 0 heterocycles. The fourth-order valence-electron chi connectivity index (χ4n) is 1.14. The second-order valence-electron chi connectivity index (χ2n) is 3.80. The Bertz CT molecular complexity index is 195. The Morgan fingerprint density at radius 3 is 2.25 bits per heavy atom. The molecule has 12 heavy (non-hydrogen) atoms. The monoisotopic (exact) mass is 167 g/mol. The van der Waals surface area contributed by atoms with Crippen LogP contribution in [0.1, 0.15) is 34.1 Å². The minimum absolute atomic E-state index is 0.0813. The third-order valence-electron chi connectivity index (χ3n) is 1.67. The first kappa shape index (κ1) is 11.0. The van der Waals surface area contributed by atoms with Crippen LogP contribution in [0.4, 0.5) is 0 Å². The molecule has 0 aliphatic heterocycles. The molecule has 0 unspecified atom stereocenters. The highest BCUT2D eigenvalue weighted by Crippen LogP contribution is 2.13. The van der Waals surface area contributed by atoms with Gasteiger partial charge in [-0.25, -0.2) is 0 Å². The molecule has 68 valence electrons. The summed E-state index contributed by atoms with van der Waals surface area (Å²) in [5.74, 6) is 2.61. The molecule has 1 amide bonds. The highest BCUT2D eigenvalue weighted by Gasteiger charge is 2.22. The lowest BCUT2D eigenvalue weighted by molar-refractivity contribution is -0.133. The number of carbonyl (C=O) groups is 1. The molecule has 0 saturated carbocycles. The van der Waals surface area contributed by atoms with Gasteiger partial charge in [0.25, 0.3) is 0 Å². The first-order valence-corrected chi connectivity index (χ1v) is 4.11. The Morgan fingerprint density at radius 2 is 2.00 bits per heavy atom. The molecule has 0 bridgehead atoms. The first-order valence-electron chi connectivity index (χ1n) is 4.11. The molecule has 0 aromatic carbocycles. The molecule has 0 atom stereocenters. The fraction of sp³-hybridized carbons (Fsp3) is 0.700. The van der Waals surface area contributed by atoms with Crippen LogP contribution in [0.5, 0.6) is 0 Å². The zero-order valence-corrected chi connectivity index (χ0v) is 8.35. The van der Waals surface area contributed by atoms with Gasteiger partial charge in [-0.1, -0.05) is 0 Å². The summed E-state index contributed by atoms with van der Waals surface area (Å²) in [6, 6.07) is 0. The van der Waals surface area contributed by atoms with Gasteiger partial charge in [0, 0.05) is 25.4 Å². The van der Waals surface area contributed by atoms with Gasteiger partial charge in [0.15, 0.2) is 0 Å². The van der Waals surface area contributed by atoms with E-state index in [1.807, 2.05) is 20.8 Å². The fourth-order valence-corrected chi connectivity index (χ4v) is 1.14. The number of rotatable bonds is 2. The summed E-state index contributed by atoms with van der Waals surface area (Å²) in [4.78, 5) is 12.9. The van der Waals surface area contributed by atoms with Gasteiger partial charge in [-0.3, -0.25) is 4.79 Å². The second kappa shape index (κ2) is 4.15. The van der Waals surface area contributed by atoms with Gasteiger partial charge in [0.2, 0.25) is 5.91 Å². The van der Waals surface area contributed by atoms with Crippen molar-refractivity contribution in [1.82, 2.24) is 4.90 Å². The normalized spacial score (nSPS) is 10.6. The number of nitrogens with zero attached hydrogens (tertiary/aromatic N) is 1. The molecule has 0 radical (unpaired) electrons. The molecule has 0 spiro atoms. The van der Waals surface area contributed by atoms with Crippen LogP contribution >= 0.6 is 0 Å². The van der Waals surface area contributed by atoms with Gasteiger partial charge in [0.05, 0.1) is 0 Å². The van der Waals surface area contributed by atoms with Crippen molar-refractivity contribution in [1.29, 1.82) is 0 Å². The Kier molecular flexibility index (Phi) is 3.82. The van der Waals surface area contributed by atoms with Crippen LogP contribution in [0.2, 0.25) is 0 Å². The predicted molar refractivity (Wildman–Crippen MR) is 50.6 cm³/mol. The predicted octanol–water partition coefficient (Wildman–Crippen LogP) is 1.66. The Hall–Kier alpha value is -0.970. The average molecular weight is 167 g/mol. The van der Waals surface area contributed by atoms with Crippen molar-refractivity contribution in [2.24, 2.45) is 0 Å². The van der Waals surface area contributed by atoms with E-state index in [0.29, 0.717) is 13.0 Å². The second-order valence-corrected chi connectivity index (χ2v) is 3.80. The van der Waals surface area contributed by atoms with E-state index in [2.05, 4.69) is 5.92 Å². The number of hydrogen-bond acceptors (Lipinski definition) is 1. The number of hydrogen-bond donors (Lipinski definition) is 0. The maximum atomic E-state index is 11.2. The maximum Gasteiger partial charge on any atom is 0.219 e. The Balaban J connectivity index is 4.27. The summed E-state index contributed by atoms with van der Waals surface area (Å²) < 4.78 is 0. The lowest BCUT2D eigenvalue weighted by atomic mass is 10.1. The number of terminal acetylenes is 1. The van der Waals surface area contributed by atoms with Crippen molar-refractivity contribution in [3.63, 3.8) is 0 Å². The van der Waals surface area contributed by atoms with Gasteiger partial charge in [-0.05, 0) is 20.8 Å². The van der Waals surface area contributed by atoms with E-state index in [1.165, 1.54) is 0 Å². The molecule has 0 aliphatic rings. The van der Waals surface area contributed by atoms with Crippen molar-refractivity contribution >= 4 is 5.91 Å². The minimum Gasteiger partial charge on any atom is -0.337 e. The Morgan fingerprint density at radius 1 is 1.50 bits per heavy atom. The SMILES string of the molecule is C#CCCN(C(C)=O)C(C)(C)C. The summed E-state index contributed by atoms with van der Waals surface area (Å²) >= 11 is 0. The third-order valence-corrected chi connectivity index (χ3v) is 1.67. The van der Waals surface area contributed by atoms with Crippen LogP contribution < -0.4 is 0 Å². The summed E-state index contributed by atoms with van der Waals surface area (Å²) in [5, 5.41) is 0. The van der Waals surface area contributed by atoms with Crippen LogP contribution in [-0.2, 0) is 4.79 Å². The van der Waals surface area contributed by atoms with Crippen molar-refractivity contribution in [3.8, 4) is 12.3 Å². The molecule has 0 aromatic heterocycles. The number of carbonyl (C=O) groups excluding carboxylic acids is 1. The van der Waals surface area contributed by atoms with E-state index in [1.54, 1.807) is 11.8 Å². The molecule has 0 saturated heterocycles. The highest BCUT2D eigenvalue weighted by molar-refractivity contribution is 5.74. The topological polar surface area (TPSA) is 20.3 Å². The molecule has 0 rings (SSSR count). The van der Waals surface area contributed by atoms with Gasteiger partial charge >= 0.3 is 0 Å². The van der Waals surface area contributed by atoms with Crippen LogP contribution in [-0.4, -0.2) is 22.9 Å². The zero-order valence-electron chi connectivity index (χ0n) is 8.35. The van der Waals surface area contributed by atoms with Gasteiger partial charge in [-0.2, -0.15) is 0 Å². The van der Waals surface area contributed by atoms with E-state index >= 15 is 0 Å².